The Morgan fingerprint density at radius 3 is 2.42 bits per heavy atom. The molecule has 0 saturated heterocycles. The van der Waals surface area contributed by atoms with Crippen molar-refractivity contribution in [2.24, 2.45) is 0 Å². The highest BCUT2D eigenvalue weighted by Gasteiger charge is 2.30. The summed E-state index contributed by atoms with van der Waals surface area (Å²) >= 11 is 1.36. The van der Waals surface area contributed by atoms with Crippen LogP contribution >= 0.6 is 11.8 Å². The molecule has 1 N–H and O–H groups in total. The van der Waals surface area contributed by atoms with E-state index < -0.39 is 10.0 Å². The zero-order valence-corrected chi connectivity index (χ0v) is 20.9. The summed E-state index contributed by atoms with van der Waals surface area (Å²) in [4.78, 5) is 27.8. The molecule has 1 aliphatic heterocycles. The van der Waals surface area contributed by atoms with Crippen LogP contribution in [0.2, 0.25) is 0 Å². The SMILES string of the molecule is CCCN(CCC)S(=O)(=O)c1ccc2c(c1)N(CC(=O)N[C@@H](C)c1ccccc1)C(=O)CS2. The third-order valence-electron chi connectivity index (χ3n) is 5.44. The second kappa shape index (κ2) is 11.2. The van der Waals surface area contributed by atoms with Crippen molar-refractivity contribution in [1.82, 2.24) is 9.62 Å². The van der Waals surface area contributed by atoms with E-state index in [0.29, 0.717) is 31.6 Å². The Kier molecular flexibility index (Phi) is 8.56. The molecule has 0 bridgehead atoms. The highest BCUT2D eigenvalue weighted by Crippen LogP contribution is 2.37. The summed E-state index contributed by atoms with van der Waals surface area (Å²) in [6, 6.07) is 14.2. The second-order valence-electron chi connectivity index (χ2n) is 8.00. The molecule has 2 aromatic rings. The van der Waals surface area contributed by atoms with Gasteiger partial charge in [0.15, 0.2) is 0 Å². The lowest BCUT2D eigenvalue weighted by molar-refractivity contribution is -0.123. The van der Waals surface area contributed by atoms with Gasteiger partial charge >= 0.3 is 0 Å². The minimum absolute atomic E-state index is 0.140. The van der Waals surface area contributed by atoms with E-state index in [9.17, 15) is 18.0 Å². The molecule has 178 valence electrons. The first-order chi connectivity index (χ1) is 15.8. The first kappa shape index (κ1) is 25.3. The molecule has 33 heavy (non-hydrogen) atoms. The van der Waals surface area contributed by atoms with Gasteiger partial charge in [-0.1, -0.05) is 44.2 Å². The fourth-order valence-corrected chi connectivity index (χ4v) is 6.33. The number of hydrogen-bond donors (Lipinski definition) is 1. The molecular weight excluding hydrogens is 458 g/mol. The van der Waals surface area contributed by atoms with E-state index in [1.807, 2.05) is 51.1 Å². The summed E-state index contributed by atoms with van der Waals surface area (Å²) in [5.74, 6) is -0.314. The van der Waals surface area contributed by atoms with E-state index in [4.69, 9.17) is 0 Å². The van der Waals surface area contributed by atoms with E-state index in [1.165, 1.54) is 27.0 Å². The molecule has 0 aromatic heterocycles. The van der Waals surface area contributed by atoms with E-state index in [0.717, 1.165) is 10.5 Å². The molecule has 3 rings (SSSR count). The Labute approximate surface area is 200 Å². The van der Waals surface area contributed by atoms with Crippen molar-refractivity contribution in [1.29, 1.82) is 0 Å². The molecule has 9 heteroatoms. The van der Waals surface area contributed by atoms with Crippen molar-refractivity contribution in [3.8, 4) is 0 Å². The van der Waals surface area contributed by atoms with Crippen molar-refractivity contribution in [3.63, 3.8) is 0 Å². The number of thioether (sulfide) groups is 1. The lowest BCUT2D eigenvalue weighted by atomic mass is 10.1. The topological polar surface area (TPSA) is 86.8 Å². The fraction of sp³-hybridized carbons (Fsp3) is 0.417. The number of carbonyl (C=O) groups excluding carboxylic acids is 2. The largest absolute Gasteiger partial charge is 0.348 e. The van der Waals surface area contributed by atoms with Crippen LogP contribution in [-0.4, -0.2) is 49.9 Å². The number of anilines is 1. The number of nitrogens with zero attached hydrogens (tertiary/aromatic N) is 2. The maximum absolute atomic E-state index is 13.2. The molecule has 0 aliphatic carbocycles. The molecule has 7 nitrogen and oxygen atoms in total. The number of sulfonamides is 1. The van der Waals surface area contributed by atoms with Crippen LogP contribution in [-0.2, 0) is 19.6 Å². The normalized spacial score (nSPS) is 14.8. The number of benzene rings is 2. The van der Waals surface area contributed by atoms with Crippen LogP contribution in [0, 0.1) is 0 Å². The van der Waals surface area contributed by atoms with E-state index in [2.05, 4.69) is 5.32 Å². The Morgan fingerprint density at radius 1 is 1.12 bits per heavy atom. The van der Waals surface area contributed by atoms with E-state index in [-0.39, 0.29) is 35.0 Å². The van der Waals surface area contributed by atoms with Crippen LogP contribution in [0.4, 0.5) is 5.69 Å². The first-order valence-corrected chi connectivity index (χ1v) is 13.6. The van der Waals surface area contributed by atoms with E-state index in [1.54, 1.807) is 12.1 Å². The minimum Gasteiger partial charge on any atom is -0.348 e. The number of nitrogens with one attached hydrogen (secondary N) is 1. The molecular formula is C24H31N3O4S2. The van der Waals surface area contributed by atoms with Crippen LogP contribution in [0.1, 0.15) is 45.2 Å². The second-order valence-corrected chi connectivity index (χ2v) is 11.0. The Bertz CT molecular complexity index is 1080. The van der Waals surface area contributed by atoms with E-state index >= 15 is 0 Å². The van der Waals surface area contributed by atoms with Crippen LogP contribution in [0.25, 0.3) is 0 Å². The van der Waals surface area contributed by atoms with Crippen molar-refractivity contribution in [3.05, 3.63) is 54.1 Å². The van der Waals surface area contributed by atoms with Crippen LogP contribution < -0.4 is 10.2 Å². The number of carbonyl (C=O) groups is 2. The van der Waals surface area contributed by atoms with Crippen molar-refractivity contribution in [2.75, 3.05) is 30.3 Å². The van der Waals surface area contributed by atoms with Gasteiger partial charge in [-0.3, -0.25) is 9.59 Å². The molecule has 1 atom stereocenters. The zero-order valence-electron chi connectivity index (χ0n) is 19.3. The number of amides is 2. The highest BCUT2D eigenvalue weighted by atomic mass is 32.2. The maximum Gasteiger partial charge on any atom is 0.243 e. The summed E-state index contributed by atoms with van der Waals surface area (Å²) in [5.41, 5.74) is 1.43. The quantitative estimate of drug-likeness (QED) is 0.548. The molecule has 1 aliphatic rings. The molecule has 2 amide bonds. The van der Waals surface area contributed by atoms with Gasteiger partial charge in [-0.15, -0.1) is 11.8 Å². The zero-order chi connectivity index (χ0) is 24.0. The molecule has 0 unspecified atom stereocenters. The molecule has 1 heterocycles. The van der Waals surface area contributed by atoms with Gasteiger partial charge in [0.1, 0.15) is 6.54 Å². The minimum atomic E-state index is -3.70. The molecule has 0 saturated carbocycles. The smallest absolute Gasteiger partial charge is 0.243 e. The molecule has 2 aromatic carbocycles. The van der Waals surface area contributed by atoms with Crippen molar-refractivity contribution >= 4 is 39.3 Å². The Balaban J connectivity index is 1.84. The number of hydrogen-bond acceptors (Lipinski definition) is 5. The van der Waals surface area contributed by atoms with Gasteiger partial charge < -0.3 is 10.2 Å². The average molecular weight is 490 g/mol. The van der Waals surface area contributed by atoms with Crippen molar-refractivity contribution < 1.29 is 18.0 Å². The number of fused-ring (bicyclic) bond motifs is 1. The summed E-state index contributed by atoms with van der Waals surface area (Å²) in [6.07, 6.45) is 1.43. The van der Waals surface area contributed by atoms with Gasteiger partial charge in [0, 0.05) is 18.0 Å². The predicted octanol–water partition coefficient (Wildman–Crippen LogP) is 3.81. The van der Waals surface area contributed by atoms with Gasteiger partial charge in [0.05, 0.1) is 22.4 Å². The molecule has 0 fully saturated rings. The van der Waals surface area contributed by atoms with Crippen LogP contribution in [0.15, 0.2) is 58.3 Å². The fourth-order valence-electron chi connectivity index (χ4n) is 3.77. The monoisotopic (exact) mass is 489 g/mol. The van der Waals surface area contributed by atoms with Crippen LogP contribution in [0.5, 0.6) is 0 Å². The Morgan fingerprint density at radius 2 is 1.79 bits per heavy atom. The Hall–Kier alpha value is -2.36. The summed E-state index contributed by atoms with van der Waals surface area (Å²) in [6.45, 7) is 6.47. The highest BCUT2D eigenvalue weighted by molar-refractivity contribution is 8.00. The summed E-state index contributed by atoms with van der Waals surface area (Å²) in [7, 11) is -3.70. The number of rotatable bonds is 10. The third kappa shape index (κ3) is 5.96. The lowest BCUT2D eigenvalue weighted by Gasteiger charge is -2.30. The first-order valence-electron chi connectivity index (χ1n) is 11.2. The predicted molar refractivity (Wildman–Crippen MR) is 132 cm³/mol. The van der Waals surface area contributed by atoms with Gasteiger partial charge in [0.2, 0.25) is 21.8 Å². The average Bonchev–Trinajstić information content (AvgIpc) is 2.81. The maximum atomic E-state index is 13.2. The van der Waals surface area contributed by atoms with Gasteiger partial charge in [-0.2, -0.15) is 4.31 Å². The van der Waals surface area contributed by atoms with Crippen LogP contribution in [0.3, 0.4) is 0 Å². The van der Waals surface area contributed by atoms with Gasteiger partial charge in [-0.05, 0) is 43.5 Å². The summed E-state index contributed by atoms with van der Waals surface area (Å²) in [5, 5.41) is 2.93. The third-order valence-corrected chi connectivity index (χ3v) is 8.38. The van der Waals surface area contributed by atoms with Gasteiger partial charge in [-0.25, -0.2) is 8.42 Å². The standard InChI is InChI=1S/C24H31N3O4S2/c1-4-13-26(14-5-2)33(30,31)20-11-12-22-21(15-20)27(24(29)17-32-22)16-23(28)25-18(3)19-9-7-6-8-10-19/h6-12,15,18H,4-5,13-14,16-17H2,1-3H3,(H,25,28)/t18-/m0/s1. The lowest BCUT2D eigenvalue weighted by Crippen LogP contribution is -2.44. The van der Waals surface area contributed by atoms with Gasteiger partial charge in [0.25, 0.3) is 0 Å². The molecule has 0 spiro atoms. The summed E-state index contributed by atoms with van der Waals surface area (Å²) < 4.78 is 28.0. The van der Waals surface area contributed by atoms with Crippen molar-refractivity contribution in [2.45, 2.75) is 49.4 Å². The molecule has 0 radical (unpaired) electrons.